The topological polar surface area (TPSA) is 102 Å². The van der Waals surface area contributed by atoms with Crippen molar-refractivity contribution < 1.29 is 15.0 Å². The SMILES string of the molecule is CC[C@@]1(O)CCN(C(=O)c2cc(-c3ccccn3)n[nH]2)C[C@H]1O. The van der Waals surface area contributed by atoms with Gasteiger partial charge < -0.3 is 15.1 Å². The minimum atomic E-state index is -1.11. The quantitative estimate of drug-likeness (QED) is 0.778. The lowest BCUT2D eigenvalue weighted by Crippen LogP contribution is -2.56. The van der Waals surface area contributed by atoms with Gasteiger partial charge in [-0.05, 0) is 31.0 Å². The Kier molecular flexibility index (Phi) is 4.14. The summed E-state index contributed by atoms with van der Waals surface area (Å²) in [7, 11) is 0. The fraction of sp³-hybridized carbons (Fsp3) is 0.438. The van der Waals surface area contributed by atoms with Crippen LogP contribution in [0.25, 0.3) is 11.4 Å². The Morgan fingerprint density at radius 1 is 1.48 bits per heavy atom. The zero-order chi connectivity index (χ0) is 16.4. The number of nitrogens with one attached hydrogen (secondary N) is 1. The number of β-amino-alcohol motifs (C(OH)–C–C–N with tert-alkyl or cyclic N) is 1. The molecule has 0 aromatic carbocycles. The molecule has 2 aromatic heterocycles. The number of hydrogen-bond acceptors (Lipinski definition) is 5. The molecule has 2 aromatic rings. The number of pyridine rings is 1. The van der Waals surface area contributed by atoms with Crippen LogP contribution in [0.15, 0.2) is 30.5 Å². The second-order valence-electron chi connectivity index (χ2n) is 5.86. The van der Waals surface area contributed by atoms with Crippen LogP contribution in [0.5, 0.6) is 0 Å². The van der Waals surface area contributed by atoms with Crippen molar-refractivity contribution in [2.45, 2.75) is 31.5 Å². The highest BCUT2D eigenvalue weighted by Crippen LogP contribution is 2.27. The van der Waals surface area contributed by atoms with Gasteiger partial charge in [0.1, 0.15) is 17.5 Å². The Morgan fingerprint density at radius 2 is 2.30 bits per heavy atom. The van der Waals surface area contributed by atoms with Crippen molar-refractivity contribution in [3.8, 4) is 11.4 Å². The molecule has 7 heteroatoms. The van der Waals surface area contributed by atoms with E-state index in [1.165, 1.54) is 4.90 Å². The van der Waals surface area contributed by atoms with Crippen LogP contribution >= 0.6 is 0 Å². The molecule has 7 nitrogen and oxygen atoms in total. The summed E-state index contributed by atoms with van der Waals surface area (Å²) in [6, 6.07) is 7.13. The lowest BCUT2D eigenvalue weighted by Gasteiger charge is -2.41. The lowest BCUT2D eigenvalue weighted by molar-refractivity contribution is -0.114. The molecule has 0 saturated carbocycles. The number of aromatic amines is 1. The number of rotatable bonds is 3. The third-order valence-electron chi connectivity index (χ3n) is 4.46. The molecule has 3 rings (SSSR count). The Bertz CT molecular complexity index is 688. The predicted molar refractivity (Wildman–Crippen MR) is 83.6 cm³/mol. The van der Waals surface area contributed by atoms with E-state index in [-0.39, 0.29) is 12.5 Å². The average Bonchev–Trinajstić information content (AvgIpc) is 3.07. The molecule has 0 unspecified atom stereocenters. The molecule has 23 heavy (non-hydrogen) atoms. The fourth-order valence-corrected chi connectivity index (χ4v) is 2.81. The summed E-state index contributed by atoms with van der Waals surface area (Å²) in [5, 5.41) is 27.2. The molecule has 1 aliphatic rings. The number of aliphatic hydroxyl groups is 2. The van der Waals surface area contributed by atoms with Crippen molar-refractivity contribution in [2.24, 2.45) is 0 Å². The van der Waals surface area contributed by atoms with Gasteiger partial charge in [-0.1, -0.05) is 13.0 Å². The molecule has 1 amide bonds. The van der Waals surface area contributed by atoms with Crippen LogP contribution in [0.2, 0.25) is 0 Å². The first-order valence-electron chi connectivity index (χ1n) is 7.70. The van der Waals surface area contributed by atoms with Gasteiger partial charge in [-0.2, -0.15) is 5.10 Å². The smallest absolute Gasteiger partial charge is 0.271 e. The molecule has 3 heterocycles. The summed E-state index contributed by atoms with van der Waals surface area (Å²) >= 11 is 0. The first-order valence-corrected chi connectivity index (χ1v) is 7.70. The zero-order valence-corrected chi connectivity index (χ0v) is 12.9. The molecular weight excluding hydrogens is 296 g/mol. The molecule has 1 aliphatic heterocycles. The summed E-state index contributed by atoms with van der Waals surface area (Å²) in [6.45, 7) is 2.34. The van der Waals surface area contributed by atoms with Gasteiger partial charge in [-0.3, -0.25) is 14.9 Å². The third kappa shape index (κ3) is 2.97. The maximum atomic E-state index is 12.5. The zero-order valence-electron chi connectivity index (χ0n) is 12.9. The summed E-state index contributed by atoms with van der Waals surface area (Å²) in [6.07, 6.45) is 1.54. The number of piperidine rings is 1. The van der Waals surface area contributed by atoms with Crippen LogP contribution in [0.1, 0.15) is 30.3 Å². The number of hydrogen-bond donors (Lipinski definition) is 3. The molecule has 0 bridgehead atoms. The van der Waals surface area contributed by atoms with Crippen molar-refractivity contribution in [2.75, 3.05) is 13.1 Å². The second kappa shape index (κ2) is 6.10. The van der Waals surface area contributed by atoms with E-state index in [9.17, 15) is 15.0 Å². The molecule has 0 spiro atoms. The Hall–Kier alpha value is -2.25. The van der Waals surface area contributed by atoms with E-state index >= 15 is 0 Å². The molecule has 122 valence electrons. The van der Waals surface area contributed by atoms with Crippen molar-refractivity contribution in [3.05, 3.63) is 36.2 Å². The Morgan fingerprint density at radius 3 is 2.96 bits per heavy atom. The van der Waals surface area contributed by atoms with Crippen LogP contribution in [0.4, 0.5) is 0 Å². The largest absolute Gasteiger partial charge is 0.388 e. The number of aromatic nitrogens is 3. The number of amides is 1. The number of nitrogens with zero attached hydrogens (tertiary/aromatic N) is 3. The highest BCUT2D eigenvalue weighted by molar-refractivity contribution is 5.93. The van der Waals surface area contributed by atoms with Gasteiger partial charge in [-0.15, -0.1) is 0 Å². The van der Waals surface area contributed by atoms with Crippen LogP contribution in [0, 0.1) is 0 Å². The molecule has 0 radical (unpaired) electrons. The standard InChI is InChI=1S/C16H20N4O3/c1-2-16(23)6-8-20(10-14(16)21)15(22)13-9-12(18-19-13)11-5-3-4-7-17-11/h3-5,7,9,14,21,23H,2,6,8,10H2,1H3,(H,18,19)/t14-,16-/m1/s1. The van der Waals surface area contributed by atoms with Crippen LogP contribution in [-0.2, 0) is 0 Å². The molecule has 2 atom stereocenters. The molecule has 1 saturated heterocycles. The van der Waals surface area contributed by atoms with Crippen molar-refractivity contribution in [3.63, 3.8) is 0 Å². The van der Waals surface area contributed by atoms with E-state index in [0.29, 0.717) is 36.5 Å². The van der Waals surface area contributed by atoms with E-state index in [2.05, 4.69) is 15.2 Å². The summed E-state index contributed by atoms with van der Waals surface area (Å²) in [5.41, 5.74) is 0.516. The van der Waals surface area contributed by atoms with Crippen molar-refractivity contribution in [1.29, 1.82) is 0 Å². The van der Waals surface area contributed by atoms with Crippen LogP contribution < -0.4 is 0 Å². The monoisotopic (exact) mass is 316 g/mol. The molecule has 3 N–H and O–H groups in total. The van der Waals surface area contributed by atoms with Crippen LogP contribution in [-0.4, -0.2) is 61.0 Å². The first-order chi connectivity index (χ1) is 11.0. The summed E-state index contributed by atoms with van der Waals surface area (Å²) in [4.78, 5) is 18.3. The highest BCUT2D eigenvalue weighted by atomic mass is 16.3. The molecule has 0 aliphatic carbocycles. The first kappa shape index (κ1) is 15.6. The number of carbonyl (C=O) groups is 1. The maximum absolute atomic E-state index is 12.5. The van der Waals surface area contributed by atoms with Gasteiger partial charge in [0.15, 0.2) is 0 Å². The number of carbonyl (C=O) groups excluding carboxylic acids is 1. The van der Waals surface area contributed by atoms with Crippen LogP contribution in [0.3, 0.4) is 0 Å². The van der Waals surface area contributed by atoms with Gasteiger partial charge in [0.25, 0.3) is 5.91 Å². The predicted octanol–water partition coefficient (Wildman–Crippen LogP) is 0.820. The Balaban J connectivity index is 1.74. The lowest BCUT2D eigenvalue weighted by atomic mass is 9.86. The van der Waals surface area contributed by atoms with E-state index < -0.39 is 11.7 Å². The third-order valence-corrected chi connectivity index (χ3v) is 4.46. The Labute approximate surface area is 134 Å². The summed E-state index contributed by atoms with van der Waals surface area (Å²) < 4.78 is 0. The van der Waals surface area contributed by atoms with E-state index in [1.807, 2.05) is 25.1 Å². The minimum absolute atomic E-state index is 0.112. The van der Waals surface area contributed by atoms with Gasteiger partial charge in [-0.25, -0.2) is 0 Å². The van der Waals surface area contributed by atoms with Gasteiger partial charge in [0, 0.05) is 19.3 Å². The number of likely N-dealkylation sites (tertiary alicyclic amines) is 1. The van der Waals surface area contributed by atoms with Gasteiger partial charge in [0.05, 0.1) is 11.3 Å². The second-order valence-corrected chi connectivity index (χ2v) is 5.86. The van der Waals surface area contributed by atoms with Crippen molar-refractivity contribution >= 4 is 5.91 Å². The van der Waals surface area contributed by atoms with Gasteiger partial charge >= 0.3 is 0 Å². The van der Waals surface area contributed by atoms with Gasteiger partial charge in [0.2, 0.25) is 0 Å². The van der Waals surface area contributed by atoms with E-state index in [1.54, 1.807) is 12.3 Å². The van der Waals surface area contributed by atoms with E-state index in [4.69, 9.17) is 0 Å². The number of aliphatic hydroxyl groups excluding tert-OH is 1. The molecular formula is C16H20N4O3. The minimum Gasteiger partial charge on any atom is -0.388 e. The highest BCUT2D eigenvalue weighted by Gasteiger charge is 2.40. The maximum Gasteiger partial charge on any atom is 0.271 e. The van der Waals surface area contributed by atoms with E-state index in [0.717, 1.165) is 0 Å². The normalized spacial score (nSPS) is 24.7. The fourth-order valence-electron chi connectivity index (χ4n) is 2.81. The van der Waals surface area contributed by atoms with Crippen molar-refractivity contribution in [1.82, 2.24) is 20.1 Å². The summed E-state index contributed by atoms with van der Waals surface area (Å²) in [5.74, 6) is -0.239. The average molecular weight is 316 g/mol. The number of H-pyrrole nitrogens is 1. The molecule has 1 fully saturated rings.